The molecule has 0 aliphatic heterocycles. The van der Waals surface area contributed by atoms with Crippen LogP contribution in [-0.2, 0) is 13.7 Å². The SMILES string of the molecule is Cn1cc(C#N)c(-c2ccc(-c3ccccc3CO)cc2)c1C(=O)O. The number of aromatic carboxylic acids is 1. The number of hydrogen-bond donors (Lipinski definition) is 2. The minimum absolute atomic E-state index is 0.0572. The first-order valence-electron chi connectivity index (χ1n) is 7.69. The molecule has 5 nitrogen and oxygen atoms in total. The van der Waals surface area contributed by atoms with Gasteiger partial charge in [0.1, 0.15) is 11.8 Å². The van der Waals surface area contributed by atoms with Gasteiger partial charge in [0.25, 0.3) is 0 Å². The summed E-state index contributed by atoms with van der Waals surface area (Å²) in [5.74, 6) is -1.08. The Balaban J connectivity index is 2.11. The molecule has 124 valence electrons. The zero-order chi connectivity index (χ0) is 18.0. The van der Waals surface area contributed by atoms with Gasteiger partial charge in [-0.2, -0.15) is 5.26 Å². The molecule has 0 saturated heterocycles. The molecule has 1 aromatic heterocycles. The summed E-state index contributed by atoms with van der Waals surface area (Å²) in [6, 6.07) is 16.9. The summed E-state index contributed by atoms with van der Waals surface area (Å²) in [5, 5.41) is 28.3. The average Bonchev–Trinajstić information content (AvgIpc) is 2.98. The first-order valence-corrected chi connectivity index (χ1v) is 7.69. The predicted molar refractivity (Wildman–Crippen MR) is 93.9 cm³/mol. The number of nitriles is 1. The van der Waals surface area contributed by atoms with Crippen LogP contribution in [-0.4, -0.2) is 20.7 Å². The Morgan fingerprint density at radius 1 is 1.12 bits per heavy atom. The standard InChI is InChI=1S/C20H16N2O3/c1-22-11-16(10-21)18(19(22)20(24)25)14-8-6-13(7-9-14)17-5-3-2-4-15(17)12-23/h2-9,11,23H,12H2,1H3,(H,24,25). The number of rotatable bonds is 4. The first kappa shape index (κ1) is 16.5. The summed E-state index contributed by atoms with van der Waals surface area (Å²) in [7, 11) is 1.61. The van der Waals surface area contributed by atoms with Crippen LogP contribution in [0.5, 0.6) is 0 Å². The van der Waals surface area contributed by atoms with Crippen molar-refractivity contribution < 1.29 is 15.0 Å². The third kappa shape index (κ3) is 2.91. The van der Waals surface area contributed by atoms with E-state index in [4.69, 9.17) is 0 Å². The number of aromatic nitrogens is 1. The maximum absolute atomic E-state index is 11.6. The third-order valence-electron chi connectivity index (χ3n) is 4.18. The van der Waals surface area contributed by atoms with E-state index < -0.39 is 5.97 Å². The van der Waals surface area contributed by atoms with E-state index in [0.717, 1.165) is 16.7 Å². The number of benzene rings is 2. The Bertz CT molecular complexity index is 979. The van der Waals surface area contributed by atoms with E-state index in [1.807, 2.05) is 36.4 Å². The Kier molecular flexibility index (Phi) is 4.38. The molecule has 0 saturated carbocycles. The lowest BCUT2D eigenvalue weighted by atomic mass is 9.96. The number of carboxylic acid groups (broad SMARTS) is 1. The summed E-state index contributed by atoms with van der Waals surface area (Å²) < 4.78 is 1.45. The molecule has 0 aliphatic carbocycles. The summed E-state index contributed by atoms with van der Waals surface area (Å²) in [6.07, 6.45) is 1.52. The second-order valence-electron chi connectivity index (χ2n) is 5.69. The maximum atomic E-state index is 11.6. The van der Waals surface area contributed by atoms with Crippen molar-refractivity contribution in [3.05, 3.63) is 71.5 Å². The summed E-state index contributed by atoms with van der Waals surface area (Å²) >= 11 is 0. The third-order valence-corrected chi connectivity index (χ3v) is 4.18. The highest BCUT2D eigenvalue weighted by atomic mass is 16.4. The molecule has 0 aliphatic rings. The molecule has 0 bridgehead atoms. The summed E-state index contributed by atoms with van der Waals surface area (Å²) in [4.78, 5) is 11.6. The van der Waals surface area contributed by atoms with Gasteiger partial charge in [-0.1, -0.05) is 48.5 Å². The van der Waals surface area contributed by atoms with Crippen molar-refractivity contribution in [3.63, 3.8) is 0 Å². The van der Waals surface area contributed by atoms with Crippen molar-refractivity contribution in [1.82, 2.24) is 4.57 Å². The van der Waals surface area contributed by atoms with Gasteiger partial charge in [-0.05, 0) is 22.3 Å². The van der Waals surface area contributed by atoms with E-state index in [-0.39, 0.29) is 12.3 Å². The molecule has 0 fully saturated rings. The largest absolute Gasteiger partial charge is 0.477 e. The Hall–Kier alpha value is -3.36. The molecule has 1 heterocycles. The van der Waals surface area contributed by atoms with E-state index in [0.29, 0.717) is 16.7 Å². The number of hydrogen-bond acceptors (Lipinski definition) is 3. The van der Waals surface area contributed by atoms with Crippen LogP contribution in [0.15, 0.2) is 54.7 Å². The van der Waals surface area contributed by atoms with Crippen LogP contribution in [0.25, 0.3) is 22.3 Å². The lowest BCUT2D eigenvalue weighted by Crippen LogP contribution is -2.05. The van der Waals surface area contributed by atoms with Crippen LogP contribution >= 0.6 is 0 Å². The Morgan fingerprint density at radius 3 is 2.36 bits per heavy atom. The zero-order valence-corrected chi connectivity index (χ0v) is 13.6. The number of carbonyl (C=O) groups is 1. The molecule has 3 aromatic rings. The van der Waals surface area contributed by atoms with Crippen LogP contribution in [0.2, 0.25) is 0 Å². The normalized spacial score (nSPS) is 10.4. The lowest BCUT2D eigenvalue weighted by Gasteiger charge is -2.09. The minimum Gasteiger partial charge on any atom is -0.477 e. The fourth-order valence-electron chi connectivity index (χ4n) is 3.02. The first-order chi connectivity index (χ1) is 12.1. The Labute approximate surface area is 145 Å². The monoisotopic (exact) mass is 332 g/mol. The highest BCUT2D eigenvalue weighted by molar-refractivity contribution is 5.96. The van der Waals surface area contributed by atoms with Gasteiger partial charge in [0.05, 0.1) is 12.2 Å². The maximum Gasteiger partial charge on any atom is 0.353 e. The molecule has 0 radical (unpaired) electrons. The van der Waals surface area contributed by atoms with E-state index >= 15 is 0 Å². The molecule has 2 aromatic carbocycles. The molecule has 5 heteroatoms. The smallest absolute Gasteiger partial charge is 0.353 e. The second-order valence-corrected chi connectivity index (χ2v) is 5.69. The number of nitrogens with zero attached hydrogens (tertiary/aromatic N) is 2. The van der Waals surface area contributed by atoms with Crippen LogP contribution < -0.4 is 0 Å². The van der Waals surface area contributed by atoms with Gasteiger partial charge >= 0.3 is 5.97 Å². The highest BCUT2D eigenvalue weighted by Gasteiger charge is 2.21. The molecule has 25 heavy (non-hydrogen) atoms. The van der Waals surface area contributed by atoms with Crippen LogP contribution in [0.4, 0.5) is 0 Å². The quantitative estimate of drug-likeness (QED) is 0.766. The molecule has 0 amide bonds. The number of aliphatic hydroxyl groups excluding tert-OH is 1. The minimum atomic E-state index is -1.08. The van der Waals surface area contributed by atoms with Crippen molar-refractivity contribution in [2.75, 3.05) is 0 Å². The van der Waals surface area contributed by atoms with E-state index in [2.05, 4.69) is 6.07 Å². The van der Waals surface area contributed by atoms with Crippen molar-refractivity contribution in [3.8, 4) is 28.3 Å². The van der Waals surface area contributed by atoms with E-state index in [9.17, 15) is 20.3 Å². The van der Waals surface area contributed by atoms with Gasteiger partial charge in [0.2, 0.25) is 0 Å². The van der Waals surface area contributed by atoms with Crippen LogP contribution in [0, 0.1) is 11.3 Å². The van der Waals surface area contributed by atoms with Gasteiger partial charge in [0.15, 0.2) is 0 Å². The fourth-order valence-corrected chi connectivity index (χ4v) is 3.02. The van der Waals surface area contributed by atoms with Gasteiger partial charge < -0.3 is 14.8 Å². The lowest BCUT2D eigenvalue weighted by molar-refractivity contribution is 0.0687. The molecule has 0 atom stereocenters. The van der Waals surface area contributed by atoms with Gasteiger partial charge in [-0.3, -0.25) is 0 Å². The van der Waals surface area contributed by atoms with Gasteiger partial charge in [0, 0.05) is 18.8 Å². The molecule has 0 unspecified atom stereocenters. The van der Waals surface area contributed by atoms with Crippen molar-refractivity contribution in [2.45, 2.75) is 6.61 Å². The Morgan fingerprint density at radius 2 is 1.76 bits per heavy atom. The fraction of sp³-hybridized carbons (Fsp3) is 0.100. The molecular weight excluding hydrogens is 316 g/mol. The molecule has 2 N–H and O–H groups in total. The topological polar surface area (TPSA) is 86.3 Å². The molecule has 0 spiro atoms. The van der Waals surface area contributed by atoms with E-state index in [1.165, 1.54) is 10.8 Å². The van der Waals surface area contributed by atoms with Crippen molar-refractivity contribution in [2.24, 2.45) is 7.05 Å². The highest BCUT2D eigenvalue weighted by Crippen LogP contribution is 2.32. The number of carboxylic acids is 1. The number of aryl methyl sites for hydroxylation is 1. The van der Waals surface area contributed by atoms with Crippen molar-refractivity contribution in [1.29, 1.82) is 5.26 Å². The number of aliphatic hydroxyl groups is 1. The van der Waals surface area contributed by atoms with Gasteiger partial charge in [-0.25, -0.2) is 4.79 Å². The van der Waals surface area contributed by atoms with Crippen molar-refractivity contribution >= 4 is 5.97 Å². The zero-order valence-electron chi connectivity index (χ0n) is 13.6. The second kappa shape index (κ2) is 6.63. The average molecular weight is 332 g/mol. The summed E-state index contributed by atoms with van der Waals surface area (Å²) in [5.41, 5.74) is 4.14. The predicted octanol–water partition coefficient (Wildman–Crippen LogP) is 3.42. The molecular formula is C20H16N2O3. The molecule has 3 rings (SSSR count). The summed E-state index contributed by atoms with van der Waals surface area (Å²) in [6.45, 7) is -0.0572. The van der Waals surface area contributed by atoms with Crippen LogP contribution in [0.1, 0.15) is 21.6 Å². The van der Waals surface area contributed by atoms with E-state index in [1.54, 1.807) is 19.2 Å². The van der Waals surface area contributed by atoms with Gasteiger partial charge in [-0.15, -0.1) is 0 Å². The van der Waals surface area contributed by atoms with Crippen LogP contribution in [0.3, 0.4) is 0 Å².